The summed E-state index contributed by atoms with van der Waals surface area (Å²) < 4.78 is 11.5. The number of ether oxygens (including phenoxy) is 2. The number of halogens is 1. The lowest BCUT2D eigenvalue weighted by Gasteiger charge is -2.22. The van der Waals surface area contributed by atoms with Gasteiger partial charge in [-0.3, -0.25) is 0 Å². The molecule has 0 fully saturated rings. The maximum Gasteiger partial charge on any atom is 0.338 e. The number of fused-ring (bicyclic) bond motifs is 6. The summed E-state index contributed by atoms with van der Waals surface area (Å²) in [6, 6.07) is 5.32. The van der Waals surface area contributed by atoms with E-state index in [9.17, 15) is 9.59 Å². The highest BCUT2D eigenvalue weighted by Gasteiger charge is 2.41. The van der Waals surface area contributed by atoms with Crippen LogP contribution in [0.2, 0.25) is 5.02 Å². The van der Waals surface area contributed by atoms with Crippen LogP contribution in [0.3, 0.4) is 0 Å². The molecule has 142 valence electrons. The second-order valence-corrected chi connectivity index (χ2v) is 7.73. The molecular formula is C23H19ClO4. The van der Waals surface area contributed by atoms with E-state index in [1.54, 1.807) is 26.0 Å². The van der Waals surface area contributed by atoms with Crippen LogP contribution in [0.5, 0.6) is 11.5 Å². The van der Waals surface area contributed by atoms with Crippen molar-refractivity contribution < 1.29 is 19.1 Å². The third kappa shape index (κ3) is 2.76. The normalized spacial score (nSPS) is 18.8. The van der Waals surface area contributed by atoms with Gasteiger partial charge < -0.3 is 9.47 Å². The molecule has 2 aliphatic carbocycles. The number of esters is 2. The van der Waals surface area contributed by atoms with Gasteiger partial charge in [-0.05, 0) is 26.3 Å². The van der Waals surface area contributed by atoms with Gasteiger partial charge in [0.1, 0.15) is 11.5 Å². The first kappa shape index (κ1) is 18.5. The first-order valence-corrected chi connectivity index (χ1v) is 9.39. The van der Waals surface area contributed by atoms with Crippen molar-refractivity contribution in [3.05, 3.63) is 70.8 Å². The Morgan fingerprint density at radius 2 is 1.50 bits per heavy atom. The van der Waals surface area contributed by atoms with Crippen LogP contribution < -0.4 is 9.47 Å². The fraction of sp³-hybridized carbons (Fsp3) is 0.217. The summed E-state index contributed by atoms with van der Waals surface area (Å²) in [4.78, 5) is 24.7. The summed E-state index contributed by atoms with van der Waals surface area (Å²) in [5.74, 6) is 0.0567. The lowest BCUT2D eigenvalue weighted by Crippen LogP contribution is -2.14. The molecule has 4 nitrogen and oxygen atoms in total. The van der Waals surface area contributed by atoms with Crippen molar-refractivity contribution in [3.63, 3.8) is 0 Å². The molecule has 2 aromatic rings. The van der Waals surface area contributed by atoms with E-state index in [1.165, 1.54) is 0 Å². The SMILES string of the molecule is C=C(C)C(=O)Oc1c2c(c(OC(=O)C(=C)C)c3c(Cl)cccc13)C1C=CC2C1. The highest BCUT2D eigenvalue weighted by Crippen LogP contribution is 2.59. The van der Waals surface area contributed by atoms with Crippen LogP contribution in [0.4, 0.5) is 0 Å². The van der Waals surface area contributed by atoms with Crippen LogP contribution in [0.15, 0.2) is 54.7 Å². The van der Waals surface area contributed by atoms with E-state index >= 15 is 0 Å². The molecule has 0 amide bonds. The van der Waals surface area contributed by atoms with E-state index < -0.39 is 11.9 Å². The molecule has 2 atom stereocenters. The van der Waals surface area contributed by atoms with Gasteiger partial charge in [0.05, 0.1) is 5.02 Å². The molecule has 0 N–H and O–H groups in total. The molecule has 0 heterocycles. The first-order valence-electron chi connectivity index (χ1n) is 9.01. The summed E-state index contributed by atoms with van der Waals surface area (Å²) in [5, 5.41) is 1.61. The van der Waals surface area contributed by atoms with Crippen LogP contribution in [-0.2, 0) is 9.59 Å². The second kappa shape index (κ2) is 6.64. The van der Waals surface area contributed by atoms with Crippen molar-refractivity contribution in [1.29, 1.82) is 0 Å². The Kier molecular flexibility index (Phi) is 4.39. The van der Waals surface area contributed by atoms with Crippen molar-refractivity contribution in [2.24, 2.45) is 0 Å². The number of rotatable bonds is 4. The Balaban J connectivity index is 2.04. The molecule has 0 spiro atoms. The van der Waals surface area contributed by atoms with E-state index in [0.717, 1.165) is 17.5 Å². The molecule has 4 rings (SSSR count). The number of hydrogen-bond donors (Lipinski definition) is 0. The Hall–Kier alpha value is -2.85. The largest absolute Gasteiger partial charge is 0.422 e. The van der Waals surface area contributed by atoms with E-state index in [4.69, 9.17) is 21.1 Å². The van der Waals surface area contributed by atoms with Gasteiger partial charge in [-0.15, -0.1) is 0 Å². The standard InChI is InChI=1S/C23H19ClO4/c1-11(2)22(25)27-20-15-6-5-7-16(24)19(15)21(28-23(26)12(3)4)18-14-9-8-13(10-14)17(18)20/h5-9,13-14H,1,3,10H2,2,4H3. The van der Waals surface area contributed by atoms with Gasteiger partial charge in [0.2, 0.25) is 0 Å². The third-order valence-corrected chi connectivity index (χ3v) is 5.49. The maximum atomic E-state index is 12.3. The molecule has 2 aliphatic rings. The van der Waals surface area contributed by atoms with Crippen LogP contribution in [-0.4, -0.2) is 11.9 Å². The molecule has 28 heavy (non-hydrogen) atoms. The summed E-state index contributed by atoms with van der Waals surface area (Å²) in [6.45, 7) is 10.5. The van der Waals surface area contributed by atoms with Gasteiger partial charge in [0, 0.05) is 44.9 Å². The van der Waals surface area contributed by atoms with Crippen molar-refractivity contribution in [3.8, 4) is 11.5 Å². The summed E-state index contributed by atoms with van der Waals surface area (Å²) in [5.41, 5.74) is 2.33. The monoisotopic (exact) mass is 394 g/mol. The minimum atomic E-state index is -0.512. The number of carbonyl (C=O) groups excluding carboxylic acids is 2. The Morgan fingerprint density at radius 1 is 0.964 bits per heavy atom. The topological polar surface area (TPSA) is 52.6 Å². The Bertz CT molecular complexity index is 1110. The quantitative estimate of drug-likeness (QED) is 0.293. The van der Waals surface area contributed by atoms with Gasteiger partial charge in [-0.2, -0.15) is 0 Å². The number of hydrogen-bond acceptors (Lipinski definition) is 4. The Labute approximate surface area is 168 Å². The molecule has 5 heteroatoms. The van der Waals surface area contributed by atoms with Gasteiger partial charge in [-0.25, -0.2) is 9.59 Å². The number of carbonyl (C=O) groups is 2. The van der Waals surface area contributed by atoms with Gasteiger partial charge >= 0.3 is 11.9 Å². The van der Waals surface area contributed by atoms with Crippen LogP contribution in [0.1, 0.15) is 43.2 Å². The minimum Gasteiger partial charge on any atom is -0.422 e. The van der Waals surface area contributed by atoms with Crippen LogP contribution in [0.25, 0.3) is 10.8 Å². The predicted octanol–water partition coefficient (Wildman–Crippen LogP) is 5.60. The van der Waals surface area contributed by atoms with Gasteiger partial charge in [0.15, 0.2) is 0 Å². The highest BCUT2D eigenvalue weighted by molar-refractivity contribution is 6.36. The lowest BCUT2D eigenvalue weighted by molar-refractivity contribution is -0.131. The molecule has 0 aliphatic heterocycles. The van der Waals surface area contributed by atoms with Crippen molar-refractivity contribution in [2.45, 2.75) is 32.1 Å². The van der Waals surface area contributed by atoms with Crippen molar-refractivity contribution >= 4 is 34.3 Å². The summed E-state index contributed by atoms with van der Waals surface area (Å²) >= 11 is 6.51. The highest BCUT2D eigenvalue weighted by atomic mass is 35.5. The maximum absolute atomic E-state index is 12.3. The first-order chi connectivity index (χ1) is 13.3. The lowest BCUT2D eigenvalue weighted by atomic mass is 9.90. The zero-order chi connectivity index (χ0) is 20.2. The minimum absolute atomic E-state index is 0.0795. The van der Waals surface area contributed by atoms with Crippen molar-refractivity contribution in [1.82, 2.24) is 0 Å². The van der Waals surface area contributed by atoms with Crippen LogP contribution >= 0.6 is 11.6 Å². The fourth-order valence-electron chi connectivity index (χ4n) is 3.91. The van der Waals surface area contributed by atoms with Crippen molar-refractivity contribution in [2.75, 3.05) is 0 Å². The number of benzene rings is 2. The number of allylic oxidation sites excluding steroid dienone is 2. The molecule has 0 radical (unpaired) electrons. The van der Waals surface area contributed by atoms with E-state index in [1.807, 2.05) is 6.07 Å². The Morgan fingerprint density at radius 3 is 2.07 bits per heavy atom. The molecule has 0 saturated heterocycles. The molecule has 2 bridgehead atoms. The average Bonchev–Trinajstić information content (AvgIpc) is 3.25. The molecule has 0 saturated carbocycles. The molecule has 2 unspecified atom stereocenters. The van der Waals surface area contributed by atoms with E-state index in [2.05, 4.69) is 25.3 Å². The predicted molar refractivity (Wildman–Crippen MR) is 109 cm³/mol. The van der Waals surface area contributed by atoms with E-state index in [-0.39, 0.29) is 11.8 Å². The molecule has 2 aromatic carbocycles. The molecular weight excluding hydrogens is 376 g/mol. The third-order valence-electron chi connectivity index (χ3n) is 5.18. The summed E-state index contributed by atoms with van der Waals surface area (Å²) in [6.07, 6.45) is 5.04. The smallest absolute Gasteiger partial charge is 0.338 e. The average molecular weight is 395 g/mol. The van der Waals surface area contributed by atoms with Crippen LogP contribution in [0, 0.1) is 0 Å². The zero-order valence-corrected chi connectivity index (χ0v) is 16.4. The zero-order valence-electron chi connectivity index (χ0n) is 15.7. The van der Waals surface area contributed by atoms with Gasteiger partial charge in [0.25, 0.3) is 0 Å². The summed E-state index contributed by atoms with van der Waals surface area (Å²) in [7, 11) is 0. The second-order valence-electron chi connectivity index (χ2n) is 7.32. The molecule has 0 aromatic heterocycles. The van der Waals surface area contributed by atoms with E-state index in [0.29, 0.717) is 38.4 Å². The van der Waals surface area contributed by atoms with Gasteiger partial charge in [-0.1, -0.05) is 49.0 Å². The fourth-order valence-corrected chi connectivity index (χ4v) is 4.17.